The monoisotopic (exact) mass is 256 g/mol. The van der Waals surface area contributed by atoms with Gasteiger partial charge in [-0.1, -0.05) is 6.08 Å². The van der Waals surface area contributed by atoms with Gasteiger partial charge in [-0.25, -0.2) is 0 Å². The minimum atomic E-state index is 0.443. The van der Waals surface area contributed by atoms with Crippen LogP contribution in [0.2, 0.25) is 0 Å². The van der Waals surface area contributed by atoms with Crippen molar-refractivity contribution >= 4 is 5.69 Å². The summed E-state index contributed by atoms with van der Waals surface area (Å²) in [5, 5.41) is 11.5. The first-order valence-corrected chi connectivity index (χ1v) is 6.52. The van der Waals surface area contributed by atoms with Gasteiger partial charge in [-0.15, -0.1) is 16.8 Å². The highest BCUT2D eigenvalue weighted by Gasteiger charge is 2.05. The predicted octanol–water partition coefficient (Wildman–Crippen LogP) is 3.25. The molecule has 0 saturated heterocycles. The maximum absolute atomic E-state index is 4.10. The molecule has 0 spiro atoms. The molecule has 1 N–H and O–H groups in total. The maximum atomic E-state index is 4.10. The lowest BCUT2D eigenvalue weighted by Crippen LogP contribution is -2.14. The summed E-state index contributed by atoms with van der Waals surface area (Å²) in [5.74, 6) is 0.881. The molecule has 0 amide bonds. The molecule has 1 aromatic heterocycles. The summed E-state index contributed by atoms with van der Waals surface area (Å²) in [5.41, 5.74) is 2.20. The van der Waals surface area contributed by atoms with Crippen molar-refractivity contribution in [3.8, 4) is 11.4 Å². The van der Waals surface area contributed by atoms with Gasteiger partial charge in [0, 0.05) is 24.3 Å². The highest BCUT2D eigenvalue weighted by molar-refractivity contribution is 5.59. The molecule has 1 unspecified atom stereocenters. The van der Waals surface area contributed by atoms with E-state index in [0.29, 0.717) is 6.04 Å². The zero-order valence-corrected chi connectivity index (χ0v) is 11.5. The minimum Gasteiger partial charge on any atom is -0.383 e. The van der Waals surface area contributed by atoms with Crippen molar-refractivity contribution in [2.45, 2.75) is 25.8 Å². The molecule has 0 saturated carbocycles. The smallest absolute Gasteiger partial charge is 0.163 e. The number of aryl methyl sites for hydroxylation is 1. The largest absolute Gasteiger partial charge is 0.383 e. The second-order valence-electron chi connectivity index (χ2n) is 4.75. The molecule has 4 heteroatoms. The molecule has 0 aliphatic heterocycles. The van der Waals surface area contributed by atoms with E-state index in [1.54, 1.807) is 6.33 Å². The molecule has 1 atom stereocenters. The van der Waals surface area contributed by atoms with Gasteiger partial charge >= 0.3 is 0 Å². The van der Waals surface area contributed by atoms with Crippen LogP contribution in [0.15, 0.2) is 43.2 Å². The molecule has 0 radical (unpaired) electrons. The third-order valence-corrected chi connectivity index (χ3v) is 3.07. The van der Waals surface area contributed by atoms with Crippen LogP contribution >= 0.6 is 0 Å². The van der Waals surface area contributed by atoms with E-state index in [2.05, 4.69) is 53.3 Å². The molecular formula is C15H20N4. The predicted molar refractivity (Wildman–Crippen MR) is 79.0 cm³/mol. The molecule has 2 aromatic rings. The number of anilines is 1. The highest BCUT2D eigenvalue weighted by Crippen LogP contribution is 2.19. The number of benzene rings is 1. The van der Waals surface area contributed by atoms with E-state index in [4.69, 9.17) is 0 Å². The Hall–Kier alpha value is -2.10. The molecule has 0 aliphatic carbocycles. The van der Waals surface area contributed by atoms with Gasteiger partial charge in [-0.2, -0.15) is 0 Å². The van der Waals surface area contributed by atoms with E-state index in [9.17, 15) is 0 Å². The summed E-state index contributed by atoms with van der Waals surface area (Å²) in [6.45, 7) is 5.93. The Balaban J connectivity index is 2.02. The van der Waals surface area contributed by atoms with Crippen molar-refractivity contribution in [1.29, 1.82) is 0 Å². The lowest BCUT2D eigenvalue weighted by molar-refractivity contribution is 0.719. The van der Waals surface area contributed by atoms with Crippen LogP contribution in [0.3, 0.4) is 0 Å². The van der Waals surface area contributed by atoms with E-state index in [1.165, 1.54) is 0 Å². The first-order valence-electron chi connectivity index (χ1n) is 6.52. The number of nitrogens with one attached hydrogen (secondary N) is 1. The van der Waals surface area contributed by atoms with Gasteiger partial charge < -0.3 is 9.88 Å². The standard InChI is InChI=1S/C15H20N4/c1-4-5-6-12(2)17-14-9-7-13(8-10-14)15-18-16-11-19(15)3/h4,7-12,17H,1,5-6H2,2-3H3. The van der Waals surface area contributed by atoms with E-state index in [-0.39, 0.29) is 0 Å². The summed E-state index contributed by atoms with van der Waals surface area (Å²) in [6.07, 6.45) is 5.79. The molecule has 1 heterocycles. The second kappa shape index (κ2) is 6.18. The van der Waals surface area contributed by atoms with Crippen molar-refractivity contribution in [3.63, 3.8) is 0 Å². The maximum Gasteiger partial charge on any atom is 0.163 e. The van der Waals surface area contributed by atoms with E-state index in [1.807, 2.05) is 17.7 Å². The number of rotatable bonds is 6. The van der Waals surface area contributed by atoms with E-state index in [0.717, 1.165) is 29.9 Å². The number of allylic oxidation sites excluding steroid dienone is 1. The molecule has 0 bridgehead atoms. The van der Waals surface area contributed by atoms with Crippen molar-refractivity contribution in [1.82, 2.24) is 14.8 Å². The molecule has 4 nitrogen and oxygen atoms in total. The van der Waals surface area contributed by atoms with Crippen LogP contribution in [-0.4, -0.2) is 20.8 Å². The van der Waals surface area contributed by atoms with Crippen LogP contribution in [0.5, 0.6) is 0 Å². The Bertz CT molecular complexity index is 527. The summed E-state index contributed by atoms with van der Waals surface area (Å²) in [7, 11) is 1.94. The van der Waals surface area contributed by atoms with Crippen molar-refractivity contribution < 1.29 is 0 Å². The molecule has 0 aliphatic rings. The van der Waals surface area contributed by atoms with Crippen LogP contribution in [0.4, 0.5) is 5.69 Å². The zero-order valence-electron chi connectivity index (χ0n) is 11.5. The fraction of sp³-hybridized carbons (Fsp3) is 0.333. The summed E-state index contributed by atoms with van der Waals surface area (Å²) < 4.78 is 1.91. The fourth-order valence-electron chi connectivity index (χ4n) is 1.98. The quantitative estimate of drug-likeness (QED) is 0.807. The number of aromatic nitrogens is 3. The van der Waals surface area contributed by atoms with Gasteiger partial charge in [0.15, 0.2) is 5.82 Å². The summed E-state index contributed by atoms with van der Waals surface area (Å²) >= 11 is 0. The molecule has 0 fully saturated rings. The first kappa shape index (κ1) is 13.3. The van der Waals surface area contributed by atoms with Crippen molar-refractivity contribution in [3.05, 3.63) is 43.2 Å². The van der Waals surface area contributed by atoms with Crippen molar-refractivity contribution in [2.24, 2.45) is 7.05 Å². The van der Waals surface area contributed by atoms with Crippen LogP contribution in [0.1, 0.15) is 19.8 Å². The molecular weight excluding hydrogens is 236 g/mol. The number of nitrogens with zero attached hydrogens (tertiary/aromatic N) is 3. The normalized spacial score (nSPS) is 12.1. The van der Waals surface area contributed by atoms with Crippen LogP contribution in [0.25, 0.3) is 11.4 Å². The second-order valence-corrected chi connectivity index (χ2v) is 4.75. The Morgan fingerprint density at radius 3 is 2.68 bits per heavy atom. The highest BCUT2D eigenvalue weighted by atomic mass is 15.2. The summed E-state index contributed by atoms with van der Waals surface area (Å²) in [4.78, 5) is 0. The van der Waals surface area contributed by atoms with Gasteiger partial charge in [0.05, 0.1) is 0 Å². The average Bonchev–Trinajstić information content (AvgIpc) is 2.83. The van der Waals surface area contributed by atoms with Gasteiger partial charge in [-0.05, 0) is 44.0 Å². The minimum absolute atomic E-state index is 0.443. The topological polar surface area (TPSA) is 42.7 Å². The van der Waals surface area contributed by atoms with Gasteiger partial charge in [-0.3, -0.25) is 0 Å². The Kier molecular flexibility index (Phi) is 4.34. The van der Waals surface area contributed by atoms with E-state index < -0.39 is 0 Å². The molecule has 100 valence electrons. The third kappa shape index (κ3) is 3.44. The van der Waals surface area contributed by atoms with Gasteiger partial charge in [0.2, 0.25) is 0 Å². The first-order chi connectivity index (χ1) is 9.20. The molecule has 2 rings (SSSR count). The Labute approximate surface area is 114 Å². The van der Waals surface area contributed by atoms with Crippen LogP contribution in [-0.2, 0) is 7.05 Å². The zero-order chi connectivity index (χ0) is 13.7. The lowest BCUT2D eigenvalue weighted by atomic mass is 10.1. The lowest BCUT2D eigenvalue weighted by Gasteiger charge is -2.14. The third-order valence-electron chi connectivity index (χ3n) is 3.07. The van der Waals surface area contributed by atoms with Crippen LogP contribution < -0.4 is 5.32 Å². The number of hydrogen-bond donors (Lipinski definition) is 1. The van der Waals surface area contributed by atoms with Crippen LogP contribution in [0, 0.1) is 0 Å². The Morgan fingerprint density at radius 1 is 1.37 bits per heavy atom. The molecule has 1 aromatic carbocycles. The van der Waals surface area contributed by atoms with Gasteiger partial charge in [0.1, 0.15) is 6.33 Å². The average molecular weight is 256 g/mol. The van der Waals surface area contributed by atoms with E-state index >= 15 is 0 Å². The number of hydrogen-bond acceptors (Lipinski definition) is 3. The summed E-state index contributed by atoms with van der Waals surface area (Å²) in [6, 6.07) is 8.72. The van der Waals surface area contributed by atoms with Gasteiger partial charge in [0.25, 0.3) is 0 Å². The SMILES string of the molecule is C=CCCC(C)Nc1ccc(-c2nncn2C)cc1. The van der Waals surface area contributed by atoms with Crippen molar-refractivity contribution in [2.75, 3.05) is 5.32 Å². The Morgan fingerprint density at radius 2 is 2.11 bits per heavy atom. The fourth-order valence-corrected chi connectivity index (χ4v) is 1.98. The molecule has 19 heavy (non-hydrogen) atoms.